The van der Waals surface area contributed by atoms with E-state index in [4.69, 9.17) is 11.5 Å². The molecule has 0 aliphatic carbocycles. The third-order valence-corrected chi connectivity index (χ3v) is 2.13. The van der Waals surface area contributed by atoms with Gasteiger partial charge in [0.25, 0.3) is 0 Å². The molecule has 88 valence electrons. The Labute approximate surface area is 88.9 Å². The van der Waals surface area contributed by atoms with Gasteiger partial charge in [-0.1, -0.05) is 0 Å². The minimum absolute atomic E-state index is 0.416. The molecule has 2 unspecified atom stereocenters. The standard InChI is InChI=1S/C9H18N2O4/c1-14-8(12)6(4-3-5-10)7(11)9(13)15-2/h6-7H,3-5,10-11H2,1-2H3. The largest absolute Gasteiger partial charge is 0.469 e. The number of methoxy groups -OCH3 is 2. The zero-order chi connectivity index (χ0) is 11.8. The van der Waals surface area contributed by atoms with Crippen molar-refractivity contribution in [2.75, 3.05) is 20.8 Å². The van der Waals surface area contributed by atoms with Crippen LogP contribution in [0.15, 0.2) is 0 Å². The van der Waals surface area contributed by atoms with Gasteiger partial charge in [-0.3, -0.25) is 9.59 Å². The van der Waals surface area contributed by atoms with E-state index in [2.05, 4.69) is 9.47 Å². The van der Waals surface area contributed by atoms with Gasteiger partial charge in [-0.2, -0.15) is 0 Å². The lowest BCUT2D eigenvalue weighted by Gasteiger charge is -2.19. The quantitative estimate of drug-likeness (QED) is 0.555. The van der Waals surface area contributed by atoms with Gasteiger partial charge in [0.1, 0.15) is 6.04 Å². The van der Waals surface area contributed by atoms with Crippen LogP contribution in [-0.2, 0) is 19.1 Å². The Hall–Kier alpha value is -1.14. The highest BCUT2D eigenvalue weighted by Crippen LogP contribution is 2.12. The Morgan fingerprint density at radius 1 is 1.20 bits per heavy atom. The van der Waals surface area contributed by atoms with Crippen LogP contribution in [0, 0.1) is 5.92 Å². The molecule has 0 fully saturated rings. The lowest BCUT2D eigenvalue weighted by Crippen LogP contribution is -2.43. The van der Waals surface area contributed by atoms with Crippen molar-refractivity contribution >= 4 is 11.9 Å². The van der Waals surface area contributed by atoms with Crippen molar-refractivity contribution in [3.05, 3.63) is 0 Å². The summed E-state index contributed by atoms with van der Waals surface area (Å²) in [5.41, 5.74) is 10.9. The van der Waals surface area contributed by atoms with Crippen molar-refractivity contribution in [1.29, 1.82) is 0 Å². The molecule has 0 aliphatic rings. The molecule has 0 heterocycles. The molecule has 0 saturated carbocycles. The summed E-state index contributed by atoms with van der Waals surface area (Å²) in [4.78, 5) is 22.5. The maximum Gasteiger partial charge on any atom is 0.323 e. The van der Waals surface area contributed by atoms with Crippen LogP contribution in [0.3, 0.4) is 0 Å². The van der Waals surface area contributed by atoms with Gasteiger partial charge in [0, 0.05) is 0 Å². The van der Waals surface area contributed by atoms with Crippen molar-refractivity contribution in [3.8, 4) is 0 Å². The molecular formula is C9H18N2O4. The van der Waals surface area contributed by atoms with Crippen LogP contribution in [0.5, 0.6) is 0 Å². The monoisotopic (exact) mass is 218 g/mol. The number of nitrogens with two attached hydrogens (primary N) is 2. The van der Waals surface area contributed by atoms with E-state index in [1.165, 1.54) is 14.2 Å². The van der Waals surface area contributed by atoms with Crippen LogP contribution in [0.2, 0.25) is 0 Å². The average molecular weight is 218 g/mol. The van der Waals surface area contributed by atoms with Crippen molar-refractivity contribution in [3.63, 3.8) is 0 Å². The van der Waals surface area contributed by atoms with Crippen LogP contribution in [-0.4, -0.2) is 38.7 Å². The fourth-order valence-electron chi connectivity index (χ4n) is 1.23. The van der Waals surface area contributed by atoms with Crippen molar-refractivity contribution in [1.82, 2.24) is 0 Å². The average Bonchev–Trinajstić information content (AvgIpc) is 2.27. The van der Waals surface area contributed by atoms with Crippen LogP contribution in [0.25, 0.3) is 0 Å². The summed E-state index contributed by atoms with van der Waals surface area (Å²) in [7, 11) is 2.47. The fourth-order valence-corrected chi connectivity index (χ4v) is 1.23. The van der Waals surface area contributed by atoms with E-state index in [0.29, 0.717) is 19.4 Å². The summed E-state index contributed by atoms with van der Waals surface area (Å²) in [5, 5.41) is 0. The first kappa shape index (κ1) is 13.9. The molecule has 0 rings (SSSR count). The molecule has 0 aromatic carbocycles. The van der Waals surface area contributed by atoms with E-state index in [1.54, 1.807) is 0 Å². The smallest absolute Gasteiger partial charge is 0.323 e. The molecule has 0 radical (unpaired) electrons. The van der Waals surface area contributed by atoms with E-state index < -0.39 is 23.9 Å². The molecule has 0 bridgehead atoms. The number of hydrogen-bond acceptors (Lipinski definition) is 6. The number of ether oxygens (including phenoxy) is 2. The second kappa shape index (κ2) is 7.19. The first-order valence-electron chi connectivity index (χ1n) is 4.69. The van der Waals surface area contributed by atoms with E-state index >= 15 is 0 Å². The molecule has 6 heteroatoms. The van der Waals surface area contributed by atoms with Crippen LogP contribution in [0.4, 0.5) is 0 Å². The number of esters is 2. The molecule has 0 aliphatic heterocycles. The van der Waals surface area contributed by atoms with E-state index in [-0.39, 0.29) is 0 Å². The van der Waals surface area contributed by atoms with Crippen LogP contribution >= 0.6 is 0 Å². The van der Waals surface area contributed by atoms with Gasteiger partial charge < -0.3 is 20.9 Å². The Morgan fingerprint density at radius 3 is 2.13 bits per heavy atom. The van der Waals surface area contributed by atoms with Crippen molar-refractivity contribution in [2.24, 2.45) is 17.4 Å². The lowest BCUT2D eigenvalue weighted by molar-refractivity contribution is -0.153. The molecule has 6 nitrogen and oxygen atoms in total. The first-order chi connectivity index (χ1) is 7.08. The summed E-state index contributed by atoms with van der Waals surface area (Å²) >= 11 is 0. The molecule has 0 aromatic heterocycles. The summed E-state index contributed by atoms with van der Waals surface area (Å²) in [6.45, 7) is 0.432. The molecule has 4 N–H and O–H groups in total. The molecule has 0 amide bonds. The van der Waals surface area contributed by atoms with Gasteiger partial charge in [0.2, 0.25) is 0 Å². The zero-order valence-electron chi connectivity index (χ0n) is 9.06. The third kappa shape index (κ3) is 4.26. The van der Waals surface area contributed by atoms with Crippen LogP contribution < -0.4 is 11.5 Å². The predicted octanol–water partition coefficient (Wildman–Crippen LogP) is -0.985. The number of carbonyl (C=O) groups excluding carboxylic acids is 2. The van der Waals surface area contributed by atoms with E-state index in [0.717, 1.165) is 0 Å². The number of carbonyl (C=O) groups is 2. The van der Waals surface area contributed by atoms with Gasteiger partial charge in [0.15, 0.2) is 0 Å². The summed E-state index contributed by atoms with van der Waals surface area (Å²) in [6, 6.07) is -0.992. The highest BCUT2D eigenvalue weighted by molar-refractivity contribution is 5.84. The Morgan fingerprint density at radius 2 is 1.73 bits per heavy atom. The maximum atomic E-state index is 11.3. The molecular weight excluding hydrogens is 200 g/mol. The zero-order valence-corrected chi connectivity index (χ0v) is 9.06. The van der Waals surface area contributed by atoms with E-state index in [1.807, 2.05) is 0 Å². The highest BCUT2D eigenvalue weighted by atomic mass is 16.5. The van der Waals surface area contributed by atoms with Gasteiger partial charge >= 0.3 is 11.9 Å². The van der Waals surface area contributed by atoms with Gasteiger partial charge in [-0.25, -0.2) is 0 Å². The number of hydrogen-bond donors (Lipinski definition) is 2. The fraction of sp³-hybridized carbons (Fsp3) is 0.778. The lowest BCUT2D eigenvalue weighted by atomic mass is 9.95. The normalized spacial score (nSPS) is 14.1. The minimum Gasteiger partial charge on any atom is -0.469 e. The Kier molecular flexibility index (Phi) is 6.64. The molecule has 0 aromatic rings. The summed E-state index contributed by atoms with van der Waals surface area (Å²) in [5.74, 6) is -1.82. The van der Waals surface area contributed by atoms with E-state index in [9.17, 15) is 9.59 Å². The Balaban J connectivity index is 4.46. The van der Waals surface area contributed by atoms with Gasteiger partial charge in [0.05, 0.1) is 20.1 Å². The van der Waals surface area contributed by atoms with Crippen molar-refractivity contribution in [2.45, 2.75) is 18.9 Å². The highest BCUT2D eigenvalue weighted by Gasteiger charge is 2.31. The molecule has 0 saturated heterocycles. The maximum absolute atomic E-state index is 11.3. The summed E-state index contributed by atoms with van der Waals surface area (Å²) < 4.78 is 9.02. The van der Waals surface area contributed by atoms with Gasteiger partial charge in [-0.15, -0.1) is 0 Å². The molecule has 2 atom stereocenters. The SMILES string of the molecule is COC(=O)C(N)C(CCCN)C(=O)OC. The predicted molar refractivity (Wildman–Crippen MR) is 53.8 cm³/mol. The summed E-state index contributed by atoms with van der Waals surface area (Å²) in [6.07, 6.45) is 1.02. The second-order valence-electron chi connectivity index (χ2n) is 3.11. The molecule has 0 spiro atoms. The van der Waals surface area contributed by atoms with Gasteiger partial charge in [-0.05, 0) is 19.4 Å². The minimum atomic E-state index is -0.992. The third-order valence-electron chi connectivity index (χ3n) is 2.13. The molecule has 15 heavy (non-hydrogen) atoms. The first-order valence-corrected chi connectivity index (χ1v) is 4.69. The Bertz CT molecular complexity index is 220. The second-order valence-corrected chi connectivity index (χ2v) is 3.11. The van der Waals surface area contributed by atoms with Crippen LogP contribution in [0.1, 0.15) is 12.8 Å². The number of rotatable bonds is 6. The van der Waals surface area contributed by atoms with Crippen molar-refractivity contribution < 1.29 is 19.1 Å². The topological polar surface area (TPSA) is 105 Å².